The minimum atomic E-state index is -0.709. The van der Waals surface area contributed by atoms with Crippen molar-refractivity contribution < 1.29 is 23.5 Å². The molecule has 6 nitrogen and oxygen atoms in total. The molecule has 0 radical (unpaired) electrons. The summed E-state index contributed by atoms with van der Waals surface area (Å²) in [6, 6.07) is 20.6. The number of nitrogens with zero attached hydrogens (tertiary/aromatic N) is 1. The van der Waals surface area contributed by atoms with Crippen molar-refractivity contribution in [3.05, 3.63) is 95.3 Å². The highest BCUT2D eigenvalue weighted by molar-refractivity contribution is 5.96. The smallest absolute Gasteiger partial charge is 0.342 e. The van der Waals surface area contributed by atoms with E-state index in [0.29, 0.717) is 17.0 Å². The number of rotatable bonds is 7. The van der Waals surface area contributed by atoms with Gasteiger partial charge in [0.25, 0.3) is 5.91 Å². The summed E-state index contributed by atoms with van der Waals surface area (Å²) in [5.74, 6) is -1.28. The number of ether oxygens (including phenoxy) is 2. The van der Waals surface area contributed by atoms with Gasteiger partial charge in [0.15, 0.2) is 6.61 Å². The van der Waals surface area contributed by atoms with Gasteiger partial charge in [0, 0.05) is 5.69 Å². The van der Waals surface area contributed by atoms with Crippen molar-refractivity contribution in [2.24, 2.45) is 0 Å². The van der Waals surface area contributed by atoms with Crippen LogP contribution in [0.1, 0.15) is 21.5 Å². The number of hydrogen-bond acceptors (Lipinski definition) is 5. The van der Waals surface area contributed by atoms with E-state index in [1.807, 2.05) is 6.07 Å². The Labute approximate surface area is 172 Å². The van der Waals surface area contributed by atoms with E-state index in [1.54, 1.807) is 54.6 Å². The van der Waals surface area contributed by atoms with Gasteiger partial charge in [-0.05, 0) is 54.1 Å². The van der Waals surface area contributed by atoms with E-state index in [1.165, 1.54) is 18.2 Å². The molecule has 1 amide bonds. The fourth-order valence-electron chi connectivity index (χ4n) is 2.54. The van der Waals surface area contributed by atoms with Gasteiger partial charge in [-0.1, -0.05) is 24.3 Å². The van der Waals surface area contributed by atoms with Gasteiger partial charge < -0.3 is 14.8 Å². The average molecular weight is 404 g/mol. The number of halogens is 1. The molecule has 0 heterocycles. The molecule has 0 aliphatic carbocycles. The summed E-state index contributed by atoms with van der Waals surface area (Å²) >= 11 is 0. The van der Waals surface area contributed by atoms with E-state index in [-0.39, 0.29) is 18.0 Å². The van der Waals surface area contributed by atoms with Gasteiger partial charge in [-0.2, -0.15) is 5.26 Å². The molecule has 0 aliphatic rings. The summed E-state index contributed by atoms with van der Waals surface area (Å²) < 4.78 is 23.7. The first kappa shape index (κ1) is 20.6. The Hall–Kier alpha value is -4.18. The Morgan fingerprint density at radius 3 is 2.37 bits per heavy atom. The molecular weight excluding hydrogens is 387 g/mol. The highest BCUT2D eigenvalue weighted by atomic mass is 19.1. The molecule has 3 aromatic carbocycles. The highest BCUT2D eigenvalue weighted by Crippen LogP contribution is 2.20. The number of benzene rings is 3. The van der Waals surface area contributed by atoms with Crippen LogP contribution in [0.2, 0.25) is 0 Å². The number of anilines is 1. The normalized spacial score (nSPS) is 10.0. The van der Waals surface area contributed by atoms with Gasteiger partial charge in [0.2, 0.25) is 0 Å². The lowest BCUT2D eigenvalue weighted by atomic mass is 10.2. The van der Waals surface area contributed by atoms with Crippen molar-refractivity contribution in [2.45, 2.75) is 6.61 Å². The monoisotopic (exact) mass is 404 g/mol. The van der Waals surface area contributed by atoms with E-state index < -0.39 is 18.5 Å². The molecular formula is C23H17FN2O4. The van der Waals surface area contributed by atoms with Crippen LogP contribution >= 0.6 is 0 Å². The third kappa shape index (κ3) is 5.66. The third-order valence-electron chi connectivity index (χ3n) is 4.05. The van der Waals surface area contributed by atoms with E-state index >= 15 is 0 Å². The van der Waals surface area contributed by atoms with E-state index in [9.17, 15) is 14.0 Å². The predicted octanol–water partition coefficient (Wildman–Crippen LogP) is 4.07. The number of esters is 1. The Morgan fingerprint density at radius 2 is 1.67 bits per heavy atom. The van der Waals surface area contributed by atoms with Crippen LogP contribution in [0.4, 0.5) is 10.1 Å². The zero-order chi connectivity index (χ0) is 21.3. The molecule has 0 spiro atoms. The van der Waals surface area contributed by atoms with Crippen LogP contribution in [0.3, 0.4) is 0 Å². The third-order valence-corrected chi connectivity index (χ3v) is 4.05. The molecule has 3 rings (SSSR count). The number of hydrogen-bond donors (Lipinski definition) is 1. The molecule has 0 fully saturated rings. The lowest BCUT2D eigenvalue weighted by Crippen LogP contribution is -2.21. The topological polar surface area (TPSA) is 88.4 Å². The second kappa shape index (κ2) is 9.85. The largest absolute Gasteiger partial charge is 0.488 e. The van der Waals surface area contributed by atoms with Crippen LogP contribution in [0.25, 0.3) is 0 Å². The summed E-state index contributed by atoms with van der Waals surface area (Å²) in [5.41, 5.74) is 1.86. The van der Waals surface area contributed by atoms with Gasteiger partial charge in [-0.15, -0.1) is 0 Å². The Kier molecular flexibility index (Phi) is 6.74. The van der Waals surface area contributed by atoms with Crippen molar-refractivity contribution in [1.82, 2.24) is 0 Å². The van der Waals surface area contributed by atoms with Crippen molar-refractivity contribution >= 4 is 17.6 Å². The maximum Gasteiger partial charge on any atom is 0.342 e. The standard InChI is InChI=1S/C23H17FN2O4/c24-18-9-5-17(6-10-18)14-29-21-4-2-1-3-20(21)23(28)30-15-22(27)26-19-11-7-16(13-25)8-12-19/h1-12H,14-15H2,(H,26,27). The molecule has 0 unspecified atom stereocenters. The van der Waals surface area contributed by atoms with Crippen LogP contribution in [0.15, 0.2) is 72.8 Å². The van der Waals surface area contributed by atoms with Gasteiger partial charge >= 0.3 is 5.97 Å². The van der Waals surface area contributed by atoms with Crippen molar-refractivity contribution in [3.8, 4) is 11.8 Å². The number of carbonyl (C=O) groups excluding carboxylic acids is 2. The zero-order valence-electron chi connectivity index (χ0n) is 15.8. The second-order valence-corrected chi connectivity index (χ2v) is 6.22. The quantitative estimate of drug-likeness (QED) is 0.600. The minimum absolute atomic E-state index is 0.143. The van der Waals surface area contributed by atoms with Gasteiger partial charge in [-0.3, -0.25) is 4.79 Å². The number of amides is 1. The summed E-state index contributed by atoms with van der Waals surface area (Å²) in [4.78, 5) is 24.4. The molecule has 7 heteroatoms. The summed E-state index contributed by atoms with van der Waals surface area (Å²) in [5, 5.41) is 11.4. The van der Waals surface area contributed by atoms with Crippen LogP contribution in [-0.2, 0) is 16.1 Å². The lowest BCUT2D eigenvalue weighted by Gasteiger charge is -2.11. The highest BCUT2D eigenvalue weighted by Gasteiger charge is 2.15. The van der Waals surface area contributed by atoms with E-state index in [4.69, 9.17) is 14.7 Å². The lowest BCUT2D eigenvalue weighted by molar-refractivity contribution is -0.119. The summed E-state index contributed by atoms with van der Waals surface area (Å²) in [7, 11) is 0. The molecule has 1 N–H and O–H groups in total. The fraction of sp³-hybridized carbons (Fsp3) is 0.0870. The predicted molar refractivity (Wildman–Crippen MR) is 107 cm³/mol. The maximum atomic E-state index is 13.0. The molecule has 0 atom stereocenters. The first-order chi connectivity index (χ1) is 14.5. The van der Waals surface area contributed by atoms with Gasteiger partial charge in [0.1, 0.15) is 23.7 Å². The average Bonchev–Trinajstić information content (AvgIpc) is 2.78. The van der Waals surface area contributed by atoms with Crippen molar-refractivity contribution in [3.63, 3.8) is 0 Å². The zero-order valence-corrected chi connectivity index (χ0v) is 15.8. The molecule has 0 saturated carbocycles. The van der Waals surface area contributed by atoms with E-state index in [2.05, 4.69) is 5.32 Å². The molecule has 3 aromatic rings. The Bertz CT molecular complexity index is 1070. The van der Waals surface area contributed by atoms with Crippen molar-refractivity contribution in [2.75, 3.05) is 11.9 Å². The minimum Gasteiger partial charge on any atom is -0.488 e. The first-order valence-electron chi connectivity index (χ1n) is 8.98. The summed E-state index contributed by atoms with van der Waals surface area (Å²) in [6.45, 7) is -0.338. The molecule has 0 aliphatic heterocycles. The Morgan fingerprint density at radius 1 is 0.967 bits per heavy atom. The summed E-state index contributed by atoms with van der Waals surface area (Å²) in [6.07, 6.45) is 0. The first-order valence-corrected chi connectivity index (χ1v) is 8.98. The van der Waals surface area contributed by atoms with Crippen LogP contribution in [-0.4, -0.2) is 18.5 Å². The fourth-order valence-corrected chi connectivity index (χ4v) is 2.54. The van der Waals surface area contributed by atoms with Crippen LogP contribution in [0, 0.1) is 17.1 Å². The number of para-hydroxylation sites is 1. The van der Waals surface area contributed by atoms with Gasteiger partial charge in [0.05, 0.1) is 11.6 Å². The number of carbonyl (C=O) groups is 2. The number of nitrogens with one attached hydrogen (secondary N) is 1. The Balaban J connectivity index is 1.56. The van der Waals surface area contributed by atoms with Crippen LogP contribution in [0.5, 0.6) is 5.75 Å². The molecule has 150 valence electrons. The molecule has 30 heavy (non-hydrogen) atoms. The van der Waals surface area contributed by atoms with Crippen molar-refractivity contribution in [1.29, 1.82) is 5.26 Å². The van der Waals surface area contributed by atoms with Gasteiger partial charge in [-0.25, -0.2) is 9.18 Å². The second-order valence-electron chi connectivity index (χ2n) is 6.22. The van der Waals surface area contributed by atoms with E-state index in [0.717, 1.165) is 5.56 Å². The van der Waals surface area contributed by atoms with Crippen LogP contribution < -0.4 is 10.1 Å². The molecule has 0 bridgehead atoms. The molecule has 0 aromatic heterocycles. The SMILES string of the molecule is N#Cc1ccc(NC(=O)COC(=O)c2ccccc2OCc2ccc(F)cc2)cc1. The number of nitriles is 1. The molecule has 0 saturated heterocycles. The maximum absolute atomic E-state index is 13.0.